The number of piperidine rings is 1. The molecule has 3 aromatic rings. The molecule has 1 saturated heterocycles. The SMILES string of the molecule is O=S(=O)(NC1CCN(Cc2ccc3c(c2)Nc2nccnc2S3)CC1)c1ccccc1. The second-order valence-corrected chi connectivity index (χ2v) is 10.5. The van der Waals surface area contributed by atoms with Gasteiger partial charge in [-0.15, -0.1) is 0 Å². The molecule has 9 heteroatoms. The standard InChI is InChI=1S/C22H23N5O2S2/c28-31(29,18-4-2-1-3-5-18)26-17-8-12-27(13-9-17)15-16-6-7-20-19(14-16)25-21-22(30-20)24-11-10-23-21/h1-7,10-11,14,17,26H,8-9,12-13,15H2,(H,23,25). The lowest BCUT2D eigenvalue weighted by Crippen LogP contribution is -2.44. The lowest BCUT2D eigenvalue weighted by Gasteiger charge is -2.32. The molecule has 0 saturated carbocycles. The van der Waals surface area contributed by atoms with Gasteiger partial charge in [0.15, 0.2) is 5.82 Å². The van der Waals surface area contributed by atoms with Crippen LogP contribution >= 0.6 is 11.8 Å². The number of anilines is 2. The van der Waals surface area contributed by atoms with E-state index in [1.165, 1.54) is 5.56 Å². The van der Waals surface area contributed by atoms with Gasteiger partial charge >= 0.3 is 0 Å². The van der Waals surface area contributed by atoms with Crippen LogP contribution in [0.5, 0.6) is 0 Å². The Bertz CT molecular complexity index is 1180. The van der Waals surface area contributed by atoms with Crippen LogP contribution in [-0.4, -0.2) is 42.4 Å². The lowest BCUT2D eigenvalue weighted by atomic mass is 10.1. The monoisotopic (exact) mass is 453 g/mol. The van der Waals surface area contributed by atoms with Crippen LogP contribution in [0.25, 0.3) is 0 Å². The maximum atomic E-state index is 12.6. The highest BCUT2D eigenvalue weighted by Gasteiger charge is 2.25. The summed E-state index contributed by atoms with van der Waals surface area (Å²) < 4.78 is 28.0. The van der Waals surface area contributed by atoms with Crippen LogP contribution in [0.4, 0.5) is 11.5 Å². The molecule has 3 heterocycles. The van der Waals surface area contributed by atoms with Crippen molar-refractivity contribution in [1.82, 2.24) is 19.6 Å². The van der Waals surface area contributed by atoms with E-state index < -0.39 is 10.0 Å². The smallest absolute Gasteiger partial charge is 0.240 e. The molecule has 0 atom stereocenters. The molecule has 0 radical (unpaired) electrons. The first-order valence-electron chi connectivity index (χ1n) is 10.3. The van der Waals surface area contributed by atoms with Crippen molar-refractivity contribution in [2.45, 2.75) is 40.2 Å². The van der Waals surface area contributed by atoms with Gasteiger partial charge in [-0.25, -0.2) is 23.1 Å². The topological polar surface area (TPSA) is 87.2 Å². The van der Waals surface area contributed by atoms with Crippen molar-refractivity contribution in [1.29, 1.82) is 0 Å². The molecule has 2 aromatic carbocycles. The average Bonchev–Trinajstić information content (AvgIpc) is 2.79. The summed E-state index contributed by atoms with van der Waals surface area (Å²) in [5, 5.41) is 4.27. The zero-order valence-corrected chi connectivity index (χ0v) is 18.5. The van der Waals surface area contributed by atoms with Gasteiger partial charge in [-0.1, -0.05) is 36.0 Å². The van der Waals surface area contributed by atoms with Crippen molar-refractivity contribution in [2.24, 2.45) is 0 Å². The van der Waals surface area contributed by atoms with Crippen molar-refractivity contribution in [3.8, 4) is 0 Å². The van der Waals surface area contributed by atoms with Crippen LogP contribution in [0, 0.1) is 0 Å². The summed E-state index contributed by atoms with van der Waals surface area (Å²) in [6.45, 7) is 2.55. The third kappa shape index (κ3) is 4.59. The van der Waals surface area contributed by atoms with Gasteiger partial charge in [0.2, 0.25) is 10.0 Å². The first kappa shape index (κ1) is 20.4. The van der Waals surface area contributed by atoms with Crippen LogP contribution in [-0.2, 0) is 16.6 Å². The third-order valence-electron chi connectivity index (χ3n) is 5.54. The van der Waals surface area contributed by atoms with Crippen LogP contribution in [0.1, 0.15) is 18.4 Å². The Morgan fingerprint density at radius 1 is 1.06 bits per heavy atom. The molecular weight excluding hydrogens is 430 g/mol. The molecule has 0 unspecified atom stereocenters. The maximum Gasteiger partial charge on any atom is 0.240 e. The second-order valence-electron chi connectivity index (χ2n) is 7.75. The molecular formula is C22H23N5O2S2. The molecule has 7 nitrogen and oxygen atoms in total. The molecule has 2 N–H and O–H groups in total. The number of hydrogen-bond acceptors (Lipinski definition) is 7. The molecule has 0 spiro atoms. The second kappa shape index (κ2) is 8.58. The van der Waals surface area contributed by atoms with Crippen molar-refractivity contribution in [3.63, 3.8) is 0 Å². The number of likely N-dealkylation sites (tertiary alicyclic amines) is 1. The molecule has 0 amide bonds. The maximum absolute atomic E-state index is 12.6. The van der Waals surface area contributed by atoms with E-state index in [1.54, 1.807) is 48.4 Å². The van der Waals surface area contributed by atoms with Gasteiger partial charge in [0.25, 0.3) is 0 Å². The fourth-order valence-electron chi connectivity index (χ4n) is 3.93. The third-order valence-corrected chi connectivity index (χ3v) is 8.14. The predicted molar refractivity (Wildman–Crippen MR) is 121 cm³/mol. The minimum Gasteiger partial charge on any atom is -0.337 e. The summed E-state index contributed by atoms with van der Waals surface area (Å²) >= 11 is 1.63. The van der Waals surface area contributed by atoms with Crippen LogP contribution in [0.3, 0.4) is 0 Å². The molecule has 160 valence electrons. The number of hydrogen-bond donors (Lipinski definition) is 2. The highest BCUT2D eigenvalue weighted by molar-refractivity contribution is 7.99. The van der Waals surface area contributed by atoms with E-state index in [0.29, 0.717) is 4.90 Å². The first-order chi connectivity index (χ1) is 15.1. The Labute approximate surface area is 186 Å². The average molecular weight is 454 g/mol. The van der Waals surface area contributed by atoms with Crippen molar-refractivity contribution >= 4 is 33.3 Å². The zero-order valence-electron chi connectivity index (χ0n) is 16.9. The van der Waals surface area contributed by atoms with E-state index in [-0.39, 0.29) is 6.04 Å². The van der Waals surface area contributed by atoms with Crippen molar-refractivity contribution in [3.05, 3.63) is 66.5 Å². The fraction of sp³-hybridized carbons (Fsp3) is 0.273. The number of aromatic nitrogens is 2. The van der Waals surface area contributed by atoms with Gasteiger partial charge in [0, 0.05) is 43.0 Å². The summed E-state index contributed by atoms with van der Waals surface area (Å²) in [7, 11) is -3.46. The van der Waals surface area contributed by atoms with Gasteiger partial charge in [-0.05, 0) is 42.7 Å². The van der Waals surface area contributed by atoms with E-state index in [4.69, 9.17) is 0 Å². The molecule has 2 aliphatic heterocycles. The molecule has 1 aromatic heterocycles. The van der Waals surface area contributed by atoms with Gasteiger partial charge < -0.3 is 5.32 Å². The van der Waals surface area contributed by atoms with E-state index in [0.717, 1.165) is 53.9 Å². The lowest BCUT2D eigenvalue weighted by molar-refractivity contribution is 0.200. The number of sulfonamides is 1. The van der Waals surface area contributed by atoms with Crippen LogP contribution < -0.4 is 10.0 Å². The largest absolute Gasteiger partial charge is 0.337 e. The predicted octanol–water partition coefficient (Wildman–Crippen LogP) is 3.63. The Morgan fingerprint density at radius 3 is 2.65 bits per heavy atom. The summed E-state index contributed by atoms with van der Waals surface area (Å²) in [5.41, 5.74) is 2.28. The van der Waals surface area contributed by atoms with Gasteiger partial charge in [0.1, 0.15) is 5.03 Å². The first-order valence-corrected chi connectivity index (χ1v) is 12.6. The Hall–Kier alpha value is -2.46. The van der Waals surface area contributed by atoms with Crippen LogP contribution in [0.15, 0.2) is 75.7 Å². The van der Waals surface area contributed by atoms with Gasteiger partial charge in [0.05, 0.1) is 10.6 Å². The van der Waals surface area contributed by atoms with E-state index in [1.807, 2.05) is 6.07 Å². The number of fused-ring (bicyclic) bond motifs is 2. The molecule has 31 heavy (non-hydrogen) atoms. The summed E-state index contributed by atoms with van der Waals surface area (Å²) in [6.07, 6.45) is 5.00. The van der Waals surface area contributed by atoms with E-state index in [9.17, 15) is 8.42 Å². The van der Waals surface area contributed by atoms with Gasteiger partial charge in [-0.3, -0.25) is 4.90 Å². The number of nitrogens with one attached hydrogen (secondary N) is 2. The quantitative estimate of drug-likeness (QED) is 0.477. The fourth-order valence-corrected chi connectivity index (χ4v) is 6.14. The van der Waals surface area contributed by atoms with E-state index >= 15 is 0 Å². The summed E-state index contributed by atoms with van der Waals surface area (Å²) in [6, 6.07) is 15.0. The van der Waals surface area contributed by atoms with E-state index in [2.05, 4.69) is 43.1 Å². The highest BCUT2D eigenvalue weighted by Crippen LogP contribution is 2.42. The van der Waals surface area contributed by atoms with Gasteiger partial charge in [-0.2, -0.15) is 0 Å². The Morgan fingerprint density at radius 2 is 1.84 bits per heavy atom. The highest BCUT2D eigenvalue weighted by atomic mass is 32.2. The molecule has 0 bridgehead atoms. The molecule has 2 aliphatic rings. The molecule has 5 rings (SSSR count). The number of rotatable bonds is 5. The minimum atomic E-state index is -3.46. The molecule has 1 fully saturated rings. The Kier molecular flexibility index (Phi) is 5.66. The zero-order chi connectivity index (χ0) is 21.3. The van der Waals surface area contributed by atoms with Crippen molar-refractivity contribution in [2.75, 3.05) is 18.4 Å². The summed E-state index contributed by atoms with van der Waals surface area (Å²) in [4.78, 5) is 12.6. The Balaban J connectivity index is 1.18. The van der Waals surface area contributed by atoms with Crippen LogP contribution in [0.2, 0.25) is 0 Å². The summed E-state index contributed by atoms with van der Waals surface area (Å²) in [5.74, 6) is 0.795. The number of benzene rings is 2. The minimum absolute atomic E-state index is 0.0295. The van der Waals surface area contributed by atoms with Crippen molar-refractivity contribution < 1.29 is 8.42 Å². The molecule has 0 aliphatic carbocycles. The normalized spacial score (nSPS) is 16.9. The number of nitrogens with zero attached hydrogens (tertiary/aromatic N) is 3.